The van der Waals surface area contributed by atoms with Crippen LogP contribution in [0, 0.1) is 0 Å². The van der Waals surface area contributed by atoms with Crippen LogP contribution in [0.1, 0.15) is 37.1 Å². The van der Waals surface area contributed by atoms with E-state index in [1.807, 2.05) is 0 Å². The van der Waals surface area contributed by atoms with E-state index in [1.54, 1.807) is 37.3 Å². The summed E-state index contributed by atoms with van der Waals surface area (Å²) in [5, 5.41) is 4.24. The highest BCUT2D eigenvalue weighted by atomic mass is 32.2. The number of benzene rings is 1. The molecule has 8 nitrogen and oxygen atoms in total. The van der Waals surface area contributed by atoms with E-state index >= 15 is 0 Å². The summed E-state index contributed by atoms with van der Waals surface area (Å²) in [5.74, 6) is 0.370. The Morgan fingerprint density at radius 1 is 1.15 bits per heavy atom. The molecule has 3 N–H and O–H groups in total. The van der Waals surface area contributed by atoms with Gasteiger partial charge in [-0.15, -0.1) is 11.3 Å². The van der Waals surface area contributed by atoms with Crippen molar-refractivity contribution in [3.8, 4) is 0 Å². The van der Waals surface area contributed by atoms with Crippen molar-refractivity contribution >= 4 is 60.8 Å². The molecule has 1 amide bonds. The van der Waals surface area contributed by atoms with Gasteiger partial charge >= 0.3 is 0 Å². The molecule has 0 fully saturated rings. The van der Waals surface area contributed by atoms with Crippen molar-refractivity contribution in [2.24, 2.45) is 0 Å². The minimum atomic E-state index is -3.53. The molecular weight excluding hydrogens is 478 g/mol. The van der Waals surface area contributed by atoms with E-state index in [1.165, 1.54) is 45.1 Å². The van der Waals surface area contributed by atoms with Crippen molar-refractivity contribution in [1.29, 1.82) is 0 Å². The van der Waals surface area contributed by atoms with Crippen LogP contribution < -0.4 is 11.1 Å². The maximum atomic E-state index is 12.6. The number of hydrogen-bond acceptors (Lipinski definition) is 8. The molecule has 2 heterocycles. The first-order valence-electron chi connectivity index (χ1n) is 10.9. The van der Waals surface area contributed by atoms with Crippen LogP contribution in [0.4, 0.5) is 11.5 Å². The minimum absolute atomic E-state index is 0.121. The lowest BCUT2D eigenvalue weighted by Crippen LogP contribution is -2.30. The molecule has 2 aromatic heterocycles. The van der Waals surface area contributed by atoms with Gasteiger partial charge in [-0.25, -0.2) is 18.4 Å². The summed E-state index contributed by atoms with van der Waals surface area (Å²) >= 11 is 2.91. The maximum absolute atomic E-state index is 12.6. The number of rotatable bonds is 8. The number of amides is 1. The Balaban J connectivity index is 1.40. The molecular formula is C22H27N5O3S3. The van der Waals surface area contributed by atoms with E-state index in [0.29, 0.717) is 29.8 Å². The van der Waals surface area contributed by atoms with Crippen molar-refractivity contribution < 1.29 is 13.2 Å². The van der Waals surface area contributed by atoms with E-state index < -0.39 is 10.0 Å². The predicted octanol–water partition coefficient (Wildman–Crippen LogP) is 3.91. The van der Waals surface area contributed by atoms with Crippen LogP contribution >= 0.6 is 23.1 Å². The predicted molar refractivity (Wildman–Crippen MR) is 134 cm³/mol. The Morgan fingerprint density at radius 2 is 1.85 bits per heavy atom. The Bertz CT molecular complexity index is 1270. The number of hydrogen-bond donors (Lipinski definition) is 2. The number of aryl methyl sites for hydroxylation is 2. The molecule has 33 heavy (non-hydrogen) atoms. The molecule has 1 aliphatic rings. The van der Waals surface area contributed by atoms with Crippen LogP contribution in [0.2, 0.25) is 0 Å². The van der Waals surface area contributed by atoms with Gasteiger partial charge in [0.25, 0.3) is 0 Å². The zero-order valence-corrected chi connectivity index (χ0v) is 21.1. The molecule has 1 aromatic carbocycles. The molecule has 0 bridgehead atoms. The fourth-order valence-corrected chi connectivity index (χ4v) is 7.42. The number of anilines is 2. The van der Waals surface area contributed by atoms with E-state index in [0.717, 1.165) is 29.5 Å². The van der Waals surface area contributed by atoms with Crippen LogP contribution in [-0.4, -0.2) is 47.4 Å². The topological polar surface area (TPSA) is 118 Å². The summed E-state index contributed by atoms with van der Waals surface area (Å²) < 4.78 is 26.6. The first kappa shape index (κ1) is 23.9. The number of thioether (sulfide) groups is 1. The first-order chi connectivity index (χ1) is 15.8. The Morgan fingerprint density at radius 3 is 2.55 bits per heavy atom. The number of nitrogen functional groups attached to an aromatic ring is 1. The third-order valence-electron chi connectivity index (χ3n) is 5.64. The molecule has 0 saturated heterocycles. The summed E-state index contributed by atoms with van der Waals surface area (Å²) in [6, 6.07) is 6.20. The van der Waals surface area contributed by atoms with Gasteiger partial charge in [0.05, 0.1) is 16.0 Å². The summed E-state index contributed by atoms with van der Waals surface area (Å²) in [7, 11) is -3.53. The second-order valence-electron chi connectivity index (χ2n) is 7.73. The molecule has 11 heteroatoms. The minimum Gasteiger partial charge on any atom is -0.383 e. The molecule has 0 spiro atoms. The largest absolute Gasteiger partial charge is 0.383 e. The lowest BCUT2D eigenvalue weighted by molar-refractivity contribution is -0.113. The zero-order valence-electron chi connectivity index (χ0n) is 18.6. The highest BCUT2D eigenvalue weighted by Gasteiger charge is 2.22. The van der Waals surface area contributed by atoms with Crippen LogP contribution in [0.3, 0.4) is 0 Å². The lowest BCUT2D eigenvalue weighted by atomic mass is 9.97. The van der Waals surface area contributed by atoms with Crippen LogP contribution in [0.25, 0.3) is 10.2 Å². The molecule has 4 rings (SSSR count). The number of sulfonamides is 1. The third kappa shape index (κ3) is 5.01. The van der Waals surface area contributed by atoms with Crippen molar-refractivity contribution in [2.75, 3.05) is 29.9 Å². The normalized spacial score (nSPS) is 13.9. The van der Waals surface area contributed by atoms with Gasteiger partial charge < -0.3 is 11.1 Å². The summed E-state index contributed by atoms with van der Waals surface area (Å²) in [5.41, 5.74) is 8.05. The fraction of sp³-hybridized carbons (Fsp3) is 0.409. The van der Waals surface area contributed by atoms with E-state index in [9.17, 15) is 13.2 Å². The zero-order chi connectivity index (χ0) is 23.6. The first-order valence-corrected chi connectivity index (χ1v) is 14.2. The van der Waals surface area contributed by atoms with Gasteiger partial charge in [-0.3, -0.25) is 4.79 Å². The van der Waals surface area contributed by atoms with Gasteiger partial charge in [-0.05, 0) is 55.5 Å². The number of fused-ring (bicyclic) bond motifs is 3. The molecule has 0 aliphatic heterocycles. The van der Waals surface area contributed by atoms with Crippen molar-refractivity contribution in [3.05, 3.63) is 34.7 Å². The highest BCUT2D eigenvalue weighted by molar-refractivity contribution is 7.99. The number of nitrogens with two attached hydrogens (primary N) is 1. The Kier molecular flexibility index (Phi) is 7.22. The van der Waals surface area contributed by atoms with Crippen molar-refractivity contribution in [2.45, 2.75) is 49.6 Å². The number of carbonyl (C=O) groups is 1. The summed E-state index contributed by atoms with van der Waals surface area (Å²) in [4.78, 5) is 23.9. The number of nitrogens with zero attached hydrogens (tertiary/aromatic N) is 3. The summed E-state index contributed by atoms with van der Waals surface area (Å²) in [6.07, 6.45) is 4.44. The molecule has 3 aromatic rings. The second-order valence-corrected chi connectivity index (χ2v) is 11.7. The monoisotopic (exact) mass is 505 g/mol. The standard InChI is InChI=1S/C22H27N5O3S3/c1-3-27(4-2)33(29,30)15-11-9-14(10-12-15)24-18(28)13-31-22-25-20(23)19-16-7-5-6-8-17(16)32-21(19)26-22/h9-12H,3-8,13H2,1-2H3,(H,24,28)(H2,23,25,26). The fourth-order valence-electron chi connectivity index (χ4n) is 3.98. The Hall–Kier alpha value is -2.21. The molecule has 1 aliphatic carbocycles. The van der Waals surface area contributed by atoms with Crippen LogP contribution in [0.15, 0.2) is 34.3 Å². The number of thiophene rings is 1. The quantitative estimate of drug-likeness (QED) is 0.352. The molecule has 0 saturated carbocycles. The van der Waals surface area contributed by atoms with Crippen LogP contribution in [0.5, 0.6) is 0 Å². The third-order valence-corrected chi connectivity index (χ3v) is 9.73. The van der Waals surface area contributed by atoms with Crippen molar-refractivity contribution in [1.82, 2.24) is 14.3 Å². The van der Waals surface area contributed by atoms with E-state index in [4.69, 9.17) is 5.73 Å². The van der Waals surface area contributed by atoms with E-state index in [-0.39, 0.29) is 16.6 Å². The average Bonchev–Trinajstić information content (AvgIpc) is 3.17. The molecule has 176 valence electrons. The molecule has 0 unspecified atom stereocenters. The van der Waals surface area contributed by atoms with Gasteiger partial charge in [-0.1, -0.05) is 25.6 Å². The van der Waals surface area contributed by atoms with Gasteiger partial charge in [0.2, 0.25) is 15.9 Å². The van der Waals surface area contributed by atoms with E-state index in [2.05, 4.69) is 15.3 Å². The highest BCUT2D eigenvalue weighted by Crippen LogP contribution is 2.38. The maximum Gasteiger partial charge on any atom is 0.243 e. The van der Waals surface area contributed by atoms with Gasteiger partial charge in [0.15, 0.2) is 5.16 Å². The average molecular weight is 506 g/mol. The summed E-state index contributed by atoms with van der Waals surface area (Å²) in [6.45, 7) is 4.41. The number of aromatic nitrogens is 2. The lowest BCUT2D eigenvalue weighted by Gasteiger charge is -2.18. The van der Waals surface area contributed by atoms with Gasteiger partial charge in [0.1, 0.15) is 10.6 Å². The Labute approximate surface area is 202 Å². The molecule has 0 atom stereocenters. The smallest absolute Gasteiger partial charge is 0.243 e. The second kappa shape index (κ2) is 9.96. The van der Waals surface area contributed by atoms with Crippen LogP contribution in [-0.2, 0) is 27.7 Å². The number of nitrogens with one attached hydrogen (secondary N) is 1. The van der Waals surface area contributed by atoms with Gasteiger partial charge in [0, 0.05) is 23.7 Å². The van der Waals surface area contributed by atoms with Crippen molar-refractivity contribution in [3.63, 3.8) is 0 Å². The number of carbonyl (C=O) groups excluding carboxylic acids is 1. The van der Waals surface area contributed by atoms with Gasteiger partial charge in [-0.2, -0.15) is 4.31 Å². The molecule has 0 radical (unpaired) electrons. The SMILES string of the molecule is CCN(CC)S(=O)(=O)c1ccc(NC(=O)CSc2nc(N)c3c4c(sc3n2)CCCC4)cc1.